The summed E-state index contributed by atoms with van der Waals surface area (Å²) in [6.07, 6.45) is 3.24. The molecule has 0 radical (unpaired) electrons. The molecule has 4 rings (SSSR count). The molecule has 0 spiro atoms. The molecule has 2 aromatic carbocycles. The second kappa shape index (κ2) is 8.69. The Bertz CT molecular complexity index is 1190. The topological polar surface area (TPSA) is 97.4 Å². The number of hydrogen-bond donors (Lipinski definition) is 2. The van der Waals surface area contributed by atoms with Crippen LogP contribution in [0, 0.1) is 0 Å². The summed E-state index contributed by atoms with van der Waals surface area (Å²) in [5.74, 6) is -0.446. The lowest BCUT2D eigenvalue weighted by molar-refractivity contribution is 0.102. The maximum Gasteiger partial charge on any atom is 0.255 e. The zero-order valence-electron chi connectivity index (χ0n) is 16.0. The van der Waals surface area contributed by atoms with Gasteiger partial charge in [-0.2, -0.15) is 0 Å². The lowest BCUT2D eigenvalue weighted by Crippen LogP contribution is -2.32. The van der Waals surface area contributed by atoms with E-state index < -0.39 is 15.9 Å². The maximum absolute atomic E-state index is 12.8. The number of ether oxygens (including phenoxy) is 1. The number of nitrogens with zero attached hydrogens (tertiary/aromatic N) is 1. The third-order valence-corrected chi connectivity index (χ3v) is 6.81. The average molecular weight is 446 g/mol. The quantitative estimate of drug-likeness (QED) is 0.604. The Morgan fingerprint density at radius 1 is 1.20 bits per heavy atom. The molecular formula is C21H20ClN3O4S. The van der Waals surface area contributed by atoms with Gasteiger partial charge in [0.1, 0.15) is 4.90 Å². The summed E-state index contributed by atoms with van der Waals surface area (Å²) < 4.78 is 33.4. The molecule has 1 saturated heterocycles. The summed E-state index contributed by atoms with van der Waals surface area (Å²) in [6, 6.07) is 13.2. The second-order valence-electron chi connectivity index (χ2n) is 6.96. The van der Waals surface area contributed by atoms with E-state index in [-0.39, 0.29) is 28.1 Å². The Hall–Kier alpha value is -2.52. The first-order chi connectivity index (χ1) is 14.4. The van der Waals surface area contributed by atoms with Crippen molar-refractivity contribution in [2.75, 3.05) is 18.5 Å². The van der Waals surface area contributed by atoms with Crippen molar-refractivity contribution in [2.24, 2.45) is 0 Å². The standard InChI is InChI=1S/C21H20ClN3O4S/c22-17-9-8-14(12-20(17)30(27,28)24-13-15-4-3-11-29-15)21(26)25-19-7-1-6-18-16(19)5-2-10-23-18/h1-2,5-10,12,15,24H,3-4,11,13H2,(H,25,26)/t15-/m1/s1. The van der Waals surface area contributed by atoms with Gasteiger partial charge in [-0.1, -0.05) is 17.7 Å². The molecule has 30 heavy (non-hydrogen) atoms. The van der Waals surface area contributed by atoms with Gasteiger partial charge in [-0.3, -0.25) is 9.78 Å². The van der Waals surface area contributed by atoms with Crippen LogP contribution in [0.3, 0.4) is 0 Å². The van der Waals surface area contributed by atoms with E-state index in [2.05, 4.69) is 15.0 Å². The minimum absolute atomic E-state index is 0.0424. The maximum atomic E-state index is 12.8. The molecule has 9 heteroatoms. The van der Waals surface area contributed by atoms with Crippen LogP contribution < -0.4 is 10.0 Å². The van der Waals surface area contributed by atoms with Crippen molar-refractivity contribution in [1.82, 2.24) is 9.71 Å². The number of amides is 1. The number of nitrogens with one attached hydrogen (secondary N) is 2. The zero-order chi connectivity index (χ0) is 21.1. The van der Waals surface area contributed by atoms with E-state index in [9.17, 15) is 13.2 Å². The van der Waals surface area contributed by atoms with Gasteiger partial charge in [0.05, 0.1) is 22.3 Å². The minimum atomic E-state index is -3.89. The molecule has 1 aliphatic rings. The van der Waals surface area contributed by atoms with Crippen LogP contribution in [0.4, 0.5) is 5.69 Å². The molecule has 2 heterocycles. The lowest BCUT2D eigenvalue weighted by Gasteiger charge is -2.13. The molecule has 1 aromatic heterocycles. The first kappa shape index (κ1) is 20.7. The summed E-state index contributed by atoms with van der Waals surface area (Å²) in [7, 11) is -3.89. The molecule has 0 bridgehead atoms. The first-order valence-electron chi connectivity index (χ1n) is 9.50. The fraction of sp³-hybridized carbons (Fsp3) is 0.238. The molecule has 156 valence electrons. The van der Waals surface area contributed by atoms with Crippen molar-refractivity contribution in [3.8, 4) is 0 Å². The fourth-order valence-electron chi connectivity index (χ4n) is 3.34. The van der Waals surface area contributed by atoms with Crippen LogP contribution in [-0.4, -0.2) is 38.6 Å². The first-order valence-corrected chi connectivity index (χ1v) is 11.4. The van der Waals surface area contributed by atoms with Crippen LogP contribution in [0.5, 0.6) is 0 Å². The smallest absolute Gasteiger partial charge is 0.255 e. The molecule has 3 aromatic rings. The van der Waals surface area contributed by atoms with E-state index in [1.165, 1.54) is 18.2 Å². The predicted octanol–water partition coefficient (Wildman–Crippen LogP) is 3.60. The van der Waals surface area contributed by atoms with Crippen molar-refractivity contribution in [3.63, 3.8) is 0 Å². The van der Waals surface area contributed by atoms with Crippen LogP contribution in [0.2, 0.25) is 5.02 Å². The Morgan fingerprint density at radius 3 is 2.87 bits per heavy atom. The highest BCUT2D eigenvalue weighted by molar-refractivity contribution is 7.89. The van der Waals surface area contributed by atoms with Crippen molar-refractivity contribution in [3.05, 3.63) is 65.3 Å². The summed E-state index contributed by atoms with van der Waals surface area (Å²) in [4.78, 5) is 16.9. The molecule has 1 atom stereocenters. The number of hydrogen-bond acceptors (Lipinski definition) is 5. The zero-order valence-corrected chi connectivity index (χ0v) is 17.5. The monoisotopic (exact) mass is 445 g/mol. The van der Waals surface area contributed by atoms with E-state index in [4.69, 9.17) is 16.3 Å². The van der Waals surface area contributed by atoms with E-state index in [0.717, 1.165) is 23.7 Å². The number of aromatic nitrogens is 1. The van der Waals surface area contributed by atoms with Gasteiger partial charge in [-0.25, -0.2) is 13.1 Å². The van der Waals surface area contributed by atoms with Crippen molar-refractivity contribution >= 4 is 44.1 Å². The van der Waals surface area contributed by atoms with Crippen LogP contribution in [0.15, 0.2) is 59.6 Å². The van der Waals surface area contributed by atoms with Gasteiger partial charge in [0, 0.05) is 30.3 Å². The minimum Gasteiger partial charge on any atom is -0.377 e. The highest BCUT2D eigenvalue weighted by Gasteiger charge is 2.23. The van der Waals surface area contributed by atoms with Gasteiger partial charge >= 0.3 is 0 Å². The van der Waals surface area contributed by atoms with Crippen LogP contribution in [0.25, 0.3) is 10.9 Å². The number of fused-ring (bicyclic) bond motifs is 1. The SMILES string of the molecule is O=C(Nc1cccc2ncccc12)c1ccc(Cl)c(S(=O)(=O)NC[C@H]2CCCO2)c1. The number of pyridine rings is 1. The molecule has 0 unspecified atom stereocenters. The molecule has 7 nitrogen and oxygen atoms in total. The number of anilines is 1. The van der Waals surface area contributed by atoms with Gasteiger partial charge in [0.25, 0.3) is 5.91 Å². The van der Waals surface area contributed by atoms with Gasteiger partial charge in [-0.15, -0.1) is 0 Å². The second-order valence-corrected chi connectivity index (χ2v) is 9.10. The largest absolute Gasteiger partial charge is 0.377 e. The van der Waals surface area contributed by atoms with E-state index in [1.54, 1.807) is 24.4 Å². The number of halogens is 1. The van der Waals surface area contributed by atoms with Crippen molar-refractivity contribution in [2.45, 2.75) is 23.8 Å². The van der Waals surface area contributed by atoms with E-state index in [1.807, 2.05) is 12.1 Å². The fourth-order valence-corrected chi connectivity index (χ4v) is 4.93. The number of carbonyl (C=O) groups excluding carboxylic acids is 1. The van der Waals surface area contributed by atoms with Crippen molar-refractivity contribution in [1.29, 1.82) is 0 Å². The highest BCUT2D eigenvalue weighted by Crippen LogP contribution is 2.25. The molecule has 0 aliphatic carbocycles. The van der Waals surface area contributed by atoms with Gasteiger partial charge in [-0.05, 0) is 55.3 Å². The Kier molecular flexibility index (Phi) is 6.01. The molecule has 1 fully saturated rings. The van der Waals surface area contributed by atoms with Crippen molar-refractivity contribution < 1.29 is 17.9 Å². The lowest BCUT2D eigenvalue weighted by atomic mass is 10.1. The average Bonchev–Trinajstić information content (AvgIpc) is 3.26. The Balaban J connectivity index is 1.56. The Labute approximate surface area is 179 Å². The summed E-state index contributed by atoms with van der Waals surface area (Å²) in [5, 5.41) is 3.65. The van der Waals surface area contributed by atoms with Crippen LogP contribution in [-0.2, 0) is 14.8 Å². The molecule has 1 aliphatic heterocycles. The predicted molar refractivity (Wildman–Crippen MR) is 115 cm³/mol. The molecule has 0 saturated carbocycles. The number of rotatable bonds is 6. The highest BCUT2D eigenvalue weighted by atomic mass is 35.5. The summed E-state index contributed by atoms with van der Waals surface area (Å²) in [6.45, 7) is 0.796. The number of carbonyl (C=O) groups is 1. The summed E-state index contributed by atoms with van der Waals surface area (Å²) >= 11 is 6.13. The normalized spacial score (nSPS) is 16.6. The number of benzene rings is 2. The van der Waals surface area contributed by atoms with Crippen LogP contribution in [0.1, 0.15) is 23.2 Å². The van der Waals surface area contributed by atoms with Gasteiger partial charge in [0.2, 0.25) is 10.0 Å². The van der Waals surface area contributed by atoms with Crippen LogP contribution >= 0.6 is 11.6 Å². The molecule has 2 N–H and O–H groups in total. The summed E-state index contributed by atoms with van der Waals surface area (Å²) in [5.41, 5.74) is 1.51. The third kappa shape index (κ3) is 4.46. The van der Waals surface area contributed by atoms with E-state index in [0.29, 0.717) is 12.3 Å². The van der Waals surface area contributed by atoms with E-state index >= 15 is 0 Å². The van der Waals surface area contributed by atoms with Gasteiger partial charge in [0.15, 0.2) is 0 Å². The van der Waals surface area contributed by atoms with Gasteiger partial charge < -0.3 is 10.1 Å². The number of sulfonamides is 1. The Morgan fingerprint density at radius 2 is 2.07 bits per heavy atom. The molecule has 1 amide bonds. The third-order valence-electron chi connectivity index (χ3n) is 4.90. The molecular weight excluding hydrogens is 426 g/mol.